The van der Waals surface area contributed by atoms with Gasteiger partial charge in [-0.2, -0.15) is 0 Å². The average molecular weight is 300 g/mol. The lowest BCUT2D eigenvalue weighted by Crippen LogP contribution is -2.19. The first-order chi connectivity index (χ1) is 9.78. The van der Waals surface area contributed by atoms with E-state index in [9.17, 15) is 0 Å². The number of hydrogen-bond acceptors (Lipinski definition) is 4. The van der Waals surface area contributed by atoms with E-state index in [0.29, 0.717) is 0 Å². The van der Waals surface area contributed by atoms with Crippen LogP contribution in [-0.2, 0) is 0 Å². The summed E-state index contributed by atoms with van der Waals surface area (Å²) in [5.74, 6) is 0. The van der Waals surface area contributed by atoms with Gasteiger partial charge in [0.25, 0.3) is 0 Å². The predicted octanol–water partition coefficient (Wildman–Crippen LogP) is 4.71. The molecule has 0 saturated heterocycles. The van der Waals surface area contributed by atoms with E-state index < -0.39 is 0 Å². The molecule has 20 heavy (non-hydrogen) atoms. The highest BCUT2D eigenvalue weighted by Crippen LogP contribution is 2.43. The molecule has 0 unspecified atom stereocenters. The third-order valence-electron chi connectivity index (χ3n) is 3.91. The van der Waals surface area contributed by atoms with E-state index in [4.69, 9.17) is 0 Å². The van der Waals surface area contributed by atoms with Gasteiger partial charge in [0.1, 0.15) is 0 Å². The van der Waals surface area contributed by atoms with Gasteiger partial charge < -0.3 is 4.90 Å². The Bertz CT molecular complexity index is 755. The molecule has 0 amide bonds. The zero-order chi connectivity index (χ0) is 13.7. The van der Waals surface area contributed by atoms with Gasteiger partial charge in [-0.25, -0.2) is 0 Å². The van der Waals surface area contributed by atoms with E-state index in [1.165, 1.54) is 37.0 Å². The van der Waals surface area contributed by atoms with Crippen LogP contribution in [0.15, 0.2) is 33.5 Å². The molecule has 0 spiro atoms. The Morgan fingerprint density at radius 2 is 2.25 bits per heavy atom. The predicted molar refractivity (Wildman–Crippen MR) is 90.4 cm³/mol. The van der Waals surface area contributed by atoms with Crippen molar-refractivity contribution in [2.75, 3.05) is 13.1 Å². The maximum Gasteiger partial charge on any atom is 0.168 e. The van der Waals surface area contributed by atoms with Crippen molar-refractivity contribution in [2.45, 2.75) is 20.3 Å². The molecule has 2 aromatic rings. The molecule has 1 aromatic heterocycles. The van der Waals surface area contributed by atoms with E-state index >= 15 is 0 Å². The van der Waals surface area contributed by atoms with E-state index in [1.54, 1.807) is 0 Å². The van der Waals surface area contributed by atoms with Crippen molar-refractivity contribution in [3.05, 3.63) is 39.6 Å². The summed E-state index contributed by atoms with van der Waals surface area (Å²) in [4.78, 5) is 8.45. The first-order valence-electron chi connectivity index (χ1n) is 6.99. The Morgan fingerprint density at radius 3 is 3.10 bits per heavy atom. The highest BCUT2D eigenvalue weighted by Gasteiger charge is 2.32. The van der Waals surface area contributed by atoms with E-state index in [2.05, 4.69) is 47.3 Å². The molecule has 4 heteroatoms. The normalized spacial score (nSPS) is 18.1. The van der Waals surface area contributed by atoms with Gasteiger partial charge in [0.15, 0.2) is 5.17 Å². The van der Waals surface area contributed by atoms with Crippen LogP contribution in [0.2, 0.25) is 0 Å². The Kier molecular flexibility index (Phi) is 2.89. The van der Waals surface area contributed by atoms with Crippen LogP contribution in [0.5, 0.6) is 0 Å². The minimum Gasteiger partial charge on any atom is -0.318 e. The minimum absolute atomic E-state index is 0.934. The van der Waals surface area contributed by atoms with Gasteiger partial charge in [-0.3, -0.25) is 4.99 Å². The highest BCUT2D eigenvalue weighted by molar-refractivity contribution is 8.17. The molecule has 3 heterocycles. The number of aryl methyl sites for hydroxylation is 1. The molecule has 0 saturated carbocycles. The number of amidine groups is 1. The molecule has 2 aliphatic heterocycles. The largest absolute Gasteiger partial charge is 0.318 e. The standard InChI is InChI=1S/C16H16N2S2/c1-3-13-15(18-7-6-17-16(18)20-13)11-4-5-12-10(2)9-19-14(12)8-11/h4-5,8-9H,3,6-7H2,1-2H3. The number of benzene rings is 1. The Labute approximate surface area is 127 Å². The molecule has 0 aliphatic carbocycles. The summed E-state index contributed by atoms with van der Waals surface area (Å²) in [7, 11) is 0. The zero-order valence-electron chi connectivity index (χ0n) is 11.6. The fourth-order valence-corrected chi connectivity index (χ4v) is 5.01. The van der Waals surface area contributed by atoms with Crippen molar-refractivity contribution in [1.29, 1.82) is 0 Å². The Balaban J connectivity index is 1.86. The second kappa shape index (κ2) is 4.64. The number of nitrogens with zero attached hydrogens (tertiary/aromatic N) is 2. The number of fused-ring (bicyclic) bond motifs is 2. The van der Waals surface area contributed by atoms with E-state index in [-0.39, 0.29) is 0 Å². The summed E-state index contributed by atoms with van der Waals surface area (Å²) in [5.41, 5.74) is 4.11. The van der Waals surface area contributed by atoms with Gasteiger partial charge in [-0.15, -0.1) is 11.3 Å². The van der Waals surface area contributed by atoms with Crippen LogP contribution in [0, 0.1) is 6.92 Å². The molecule has 2 aliphatic rings. The first-order valence-corrected chi connectivity index (χ1v) is 8.68. The fourth-order valence-electron chi connectivity index (χ4n) is 2.90. The summed E-state index contributed by atoms with van der Waals surface area (Å²) >= 11 is 3.70. The smallest absolute Gasteiger partial charge is 0.168 e. The average Bonchev–Trinajstić information content (AvgIpc) is 3.12. The van der Waals surface area contributed by atoms with Crippen LogP contribution >= 0.6 is 23.1 Å². The molecule has 4 rings (SSSR count). The first kappa shape index (κ1) is 12.5. The summed E-state index contributed by atoms with van der Waals surface area (Å²) < 4.78 is 1.39. The molecule has 1 aromatic carbocycles. The monoisotopic (exact) mass is 300 g/mol. The fraction of sp³-hybridized carbons (Fsp3) is 0.312. The number of hydrogen-bond donors (Lipinski definition) is 0. The maximum atomic E-state index is 4.60. The molecule has 0 fully saturated rings. The van der Waals surface area contributed by atoms with Crippen LogP contribution < -0.4 is 0 Å². The quantitative estimate of drug-likeness (QED) is 0.798. The number of allylic oxidation sites excluding steroid dienone is 1. The van der Waals surface area contributed by atoms with Crippen LogP contribution in [0.25, 0.3) is 15.8 Å². The number of aliphatic imine (C=N–C) groups is 1. The lowest BCUT2D eigenvalue weighted by molar-refractivity contribution is 0.647. The lowest BCUT2D eigenvalue weighted by atomic mass is 10.1. The molecule has 2 nitrogen and oxygen atoms in total. The van der Waals surface area contributed by atoms with Crippen LogP contribution in [0.1, 0.15) is 24.5 Å². The minimum atomic E-state index is 0.934. The summed E-state index contributed by atoms with van der Waals surface area (Å²) in [6.07, 6.45) is 1.08. The molecular formula is C16H16N2S2. The molecular weight excluding hydrogens is 284 g/mol. The molecule has 0 atom stereocenters. The molecule has 0 radical (unpaired) electrons. The van der Waals surface area contributed by atoms with Crippen molar-refractivity contribution in [3.8, 4) is 0 Å². The lowest BCUT2D eigenvalue weighted by Gasteiger charge is -2.17. The number of thiophene rings is 1. The van der Waals surface area contributed by atoms with Gasteiger partial charge in [0.2, 0.25) is 0 Å². The van der Waals surface area contributed by atoms with Gasteiger partial charge in [0, 0.05) is 21.7 Å². The van der Waals surface area contributed by atoms with Crippen molar-refractivity contribution in [1.82, 2.24) is 4.90 Å². The molecule has 0 bridgehead atoms. The highest BCUT2D eigenvalue weighted by atomic mass is 32.2. The third-order valence-corrected chi connectivity index (χ3v) is 6.24. The van der Waals surface area contributed by atoms with Gasteiger partial charge in [-0.05, 0) is 35.7 Å². The van der Waals surface area contributed by atoms with Crippen molar-refractivity contribution < 1.29 is 0 Å². The second-order valence-corrected chi connectivity index (χ2v) is 7.15. The number of rotatable bonds is 2. The van der Waals surface area contributed by atoms with Crippen molar-refractivity contribution >= 4 is 44.0 Å². The van der Waals surface area contributed by atoms with E-state index in [1.807, 2.05) is 23.1 Å². The third kappa shape index (κ3) is 1.75. The van der Waals surface area contributed by atoms with Gasteiger partial charge >= 0.3 is 0 Å². The zero-order valence-corrected chi connectivity index (χ0v) is 13.3. The van der Waals surface area contributed by atoms with Gasteiger partial charge in [-0.1, -0.05) is 30.8 Å². The molecule has 0 N–H and O–H groups in total. The number of thioether (sulfide) groups is 1. The van der Waals surface area contributed by atoms with Crippen LogP contribution in [0.3, 0.4) is 0 Å². The van der Waals surface area contributed by atoms with Crippen molar-refractivity contribution in [3.63, 3.8) is 0 Å². The Morgan fingerprint density at radius 1 is 1.35 bits per heavy atom. The topological polar surface area (TPSA) is 15.6 Å². The summed E-state index contributed by atoms with van der Waals surface area (Å²) in [5, 5.41) is 4.83. The van der Waals surface area contributed by atoms with E-state index in [0.717, 1.165) is 19.5 Å². The van der Waals surface area contributed by atoms with Crippen LogP contribution in [0.4, 0.5) is 0 Å². The van der Waals surface area contributed by atoms with Crippen LogP contribution in [-0.4, -0.2) is 23.2 Å². The maximum absolute atomic E-state index is 4.60. The summed E-state index contributed by atoms with van der Waals surface area (Å²) in [6.45, 7) is 6.39. The second-order valence-electron chi connectivity index (χ2n) is 5.17. The summed E-state index contributed by atoms with van der Waals surface area (Å²) in [6, 6.07) is 6.89. The van der Waals surface area contributed by atoms with Crippen molar-refractivity contribution in [2.24, 2.45) is 4.99 Å². The Hall–Kier alpha value is -1.26. The molecule has 102 valence electrons. The SMILES string of the molecule is CCC1=C(c2ccc3c(C)csc3c2)N2CCN=C2S1. The van der Waals surface area contributed by atoms with Gasteiger partial charge in [0.05, 0.1) is 12.2 Å².